The molecule has 0 saturated carbocycles. The highest BCUT2D eigenvalue weighted by Crippen LogP contribution is 2.23. The molecular formula is C14H17N3O2S. The van der Waals surface area contributed by atoms with Gasteiger partial charge in [-0.2, -0.15) is 0 Å². The molecule has 0 aliphatic rings. The minimum Gasteiger partial charge on any atom is -0.327 e. The Bertz CT molecular complexity index is 739. The maximum Gasteiger partial charge on any atom is 0.241 e. The van der Waals surface area contributed by atoms with E-state index in [-0.39, 0.29) is 11.4 Å². The van der Waals surface area contributed by atoms with E-state index in [1.165, 1.54) is 0 Å². The molecule has 2 rings (SSSR count). The van der Waals surface area contributed by atoms with E-state index in [0.29, 0.717) is 17.4 Å². The third-order valence-electron chi connectivity index (χ3n) is 2.91. The van der Waals surface area contributed by atoms with Gasteiger partial charge in [0.25, 0.3) is 0 Å². The van der Waals surface area contributed by atoms with Gasteiger partial charge in [-0.25, -0.2) is 13.1 Å². The van der Waals surface area contributed by atoms with Crippen LogP contribution in [0.5, 0.6) is 0 Å². The molecule has 0 atom stereocenters. The third kappa shape index (κ3) is 3.04. The number of hydrogen-bond acceptors (Lipinski definition) is 4. The lowest BCUT2D eigenvalue weighted by Crippen LogP contribution is -2.24. The van der Waals surface area contributed by atoms with E-state index < -0.39 is 10.0 Å². The van der Waals surface area contributed by atoms with Crippen LogP contribution in [0.2, 0.25) is 0 Å². The number of benzene rings is 1. The monoisotopic (exact) mass is 291 g/mol. The van der Waals surface area contributed by atoms with Crippen molar-refractivity contribution in [2.24, 2.45) is 5.73 Å². The highest BCUT2D eigenvalue weighted by Gasteiger charge is 2.17. The third-order valence-corrected chi connectivity index (χ3v) is 4.40. The molecule has 6 heteroatoms. The predicted molar refractivity (Wildman–Crippen MR) is 79.9 cm³/mol. The molecule has 1 heterocycles. The molecule has 5 nitrogen and oxygen atoms in total. The van der Waals surface area contributed by atoms with Gasteiger partial charge in [0, 0.05) is 24.7 Å². The number of nitrogens with two attached hydrogens (primary N) is 1. The molecule has 106 valence electrons. The van der Waals surface area contributed by atoms with Crippen molar-refractivity contribution in [3.05, 3.63) is 48.2 Å². The van der Waals surface area contributed by atoms with E-state index >= 15 is 0 Å². The van der Waals surface area contributed by atoms with E-state index in [4.69, 9.17) is 5.73 Å². The Kier molecular flexibility index (Phi) is 4.49. The average Bonchev–Trinajstić information content (AvgIpc) is 2.44. The molecule has 0 aliphatic heterocycles. The molecule has 20 heavy (non-hydrogen) atoms. The summed E-state index contributed by atoms with van der Waals surface area (Å²) in [5.41, 5.74) is 6.96. The van der Waals surface area contributed by atoms with E-state index in [1.807, 2.05) is 6.92 Å². The zero-order valence-corrected chi connectivity index (χ0v) is 12.0. The SMILES string of the molecule is Cc1ccc(S(=O)(=O)NC/C=C/CN)c2cccnc12. The van der Waals surface area contributed by atoms with Crippen molar-refractivity contribution in [1.82, 2.24) is 9.71 Å². The first-order valence-corrected chi connectivity index (χ1v) is 7.73. The lowest BCUT2D eigenvalue weighted by molar-refractivity contribution is 0.586. The van der Waals surface area contributed by atoms with Crippen LogP contribution in [0.4, 0.5) is 0 Å². The highest BCUT2D eigenvalue weighted by atomic mass is 32.2. The number of hydrogen-bond donors (Lipinski definition) is 2. The van der Waals surface area contributed by atoms with E-state index in [9.17, 15) is 8.42 Å². The van der Waals surface area contributed by atoms with Crippen LogP contribution in [-0.4, -0.2) is 26.5 Å². The number of aryl methyl sites for hydroxylation is 1. The van der Waals surface area contributed by atoms with Crippen molar-refractivity contribution in [2.45, 2.75) is 11.8 Å². The van der Waals surface area contributed by atoms with Gasteiger partial charge in [-0.3, -0.25) is 4.98 Å². The average molecular weight is 291 g/mol. The van der Waals surface area contributed by atoms with Crippen molar-refractivity contribution in [3.8, 4) is 0 Å². The zero-order chi connectivity index (χ0) is 14.6. The summed E-state index contributed by atoms with van der Waals surface area (Å²) in [5, 5.41) is 0.628. The maximum atomic E-state index is 12.3. The lowest BCUT2D eigenvalue weighted by atomic mass is 10.1. The van der Waals surface area contributed by atoms with Crippen LogP contribution in [0, 0.1) is 6.92 Å². The van der Waals surface area contributed by atoms with Crippen molar-refractivity contribution < 1.29 is 8.42 Å². The van der Waals surface area contributed by atoms with Crippen LogP contribution in [0.3, 0.4) is 0 Å². The minimum absolute atomic E-state index is 0.217. The normalized spacial score (nSPS) is 12.3. The van der Waals surface area contributed by atoms with Gasteiger partial charge >= 0.3 is 0 Å². The second-order valence-corrected chi connectivity index (χ2v) is 6.07. The summed E-state index contributed by atoms with van der Waals surface area (Å²) in [6.45, 7) is 2.51. The van der Waals surface area contributed by atoms with Gasteiger partial charge in [0.05, 0.1) is 10.4 Å². The van der Waals surface area contributed by atoms with Gasteiger partial charge < -0.3 is 5.73 Å². The number of rotatable bonds is 5. The van der Waals surface area contributed by atoms with Crippen molar-refractivity contribution >= 4 is 20.9 Å². The molecule has 0 fully saturated rings. The van der Waals surface area contributed by atoms with Crippen LogP contribution < -0.4 is 10.5 Å². The van der Waals surface area contributed by atoms with Gasteiger partial charge in [0.15, 0.2) is 0 Å². The number of fused-ring (bicyclic) bond motifs is 1. The molecule has 1 aromatic heterocycles. The Morgan fingerprint density at radius 2 is 2.10 bits per heavy atom. The van der Waals surface area contributed by atoms with Crippen LogP contribution in [0.25, 0.3) is 10.9 Å². The fourth-order valence-electron chi connectivity index (χ4n) is 1.94. The van der Waals surface area contributed by atoms with Gasteiger partial charge in [-0.1, -0.05) is 18.2 Å². The van der Waals surface area contributed by atoms with Gasteiger partial charge in [-0.15, -0.1) is 0 Å². The highest BCUT2D eigenvalue weighted by molar-refractivity contribution is 7.89. The molecule has 1 aromatic carbocycles. The fraction of sp³-hybridized carbons (Fsp3) is 0.214. The Morgan fingerprint density at radius 3 is 2.85 bits per heavy atom. The van der Waals surface area contributed by atoms with Crippen molar-refractivity contribution in [1.29, 1.82) is 0 Å². The predicted octanol–water partition coefficient (Wildman–Crippen LogP) is 1.34. The molecule has 2 aromatic rings. The topological polar surface area (TPSA) is 85.1 Å². The first-order chi connectivity index (χ1) is 9.56. The largest absolute Gasteiger partial charge is 0.327 e. The Morgan fingerprint density at radius 1 is 1.30 bits per heavy atom. The standard InChI is InChI=1S/C14H17N3O2S/c1-11-6-7-13(12-5-4-9-16-14(11)12)20(18,19)17-10-3-2-8-15/h2-7,9,17H,8,10,15H2,1H3/b3-2+. The summed E-state index contributed by atoms with van der Waals surface area (Å²) in [6.07, 6.45) is 5.05. The Balaban J connectivity index is 2.42. The van der Waals surface area contributed by atoms with Crippen LogP contribution >= 0.6 is 0 Å². The molecule has 0 radical (unpaired) electrons. The number of nitrogens with one attached hydrogen (secondary N) is 1. The first-order valence-electron chi connectivity index (χ1n) is 6.25. The summed E-state index contributed by atoms with van der Waals surface area (Å²) in [6, 6.07) is 6.86. The van der Waals surface area contributed by atoms with Crippen LogP contribution in [0.15, 0.2) is 47.5 Å². The van der Waals surface area contributed by atoms with Gasteiger partial charge in [0.2, 0.25) is 10.0 Å². The number of pyridine rings is 1. The second-order valence-electron chi connectivity index (χ2n) is 4.34. The van der Waals surface area contributed by atoms with Gasteiger partial charge in [0.1, 0.15) is 0 Å². The second kappa shape index (κ2) is 6.13. The quantitative estimate of drug-likeness (QED) is 0.814. The molecule has 0 aliphatic carbocycles. The summed E-state index contributed by atoms with van der Waals surface area (Å²) >= 11 is 0. The molecule has 0 unspecified atom stereocenters. The molecule has 0 saturated heterocycles. The first kappa shape index (κ1) is 14.6. The van der Waals surface area contributed by atoms with Crippen LogP contribution in [0.1, 0.15) is 5.56 Å². The summed E-state index contributed by atoms with van der Waals surface area (Å²) < 4.78 is 27.2. The smallest absolute Gasteiger partial charge is 0.241 e. The lowest BCUT2D eigenvalue weighted by Gasteiger charge is -2.09. The van der Waals surface area contributed by atoms with Crippen molar-refractivity contribution in [3.63, 3.8) is 0 Å². The molecule has 0 amide bonds. The van der Waals surface area contributed by atoms with Crippen molar-refractivity contribution in [2.75, 3.05) is 13.1 Å². The van der Waals surface area contributed by atoms with Crippen LogP contribution in [-0.2, 0) is 10.0 Å². The summed E-state index contributed by atoms with van der Waals surface area (Å²) in [4.78, 5) is 4.48. The fourth-order valence-corrected chi connectivity index (χ4v) is 3.11. The van der Waals surface area contributed by atoms with Gasteiger partial charge in [-0.05, 0) is 30.7 Å². The number of nitrogens with zero attached hydrogens (tertiary/aromatic N) is 1. The van der Waals surface area contributed by atoms with E-state index in [0.717, 1.165) is 5.56 Å². The number of aromatic nitrogens is 1. The Labute approximate surface area is 118 Å². The Hall–Kier alpha value is -1.76. The molecule has 0 spiro atoms. The summed E-state index contributed by atoms with van der Waals surface area (Å²) in [7, 11) is -3.57. The van der Waals surface area contributed by atoms with E-state index in [1.54, 1.807) is 42.6 Å². The summed E-state index contributed by atoms with van der Waals surface area (Å²) in [5.74, 6) is 0. The zero-order valence-electron chi connectivity index (χ0n) is 11.2. The molecule has 0 bridgehead atoms. The minimum atomic E-state index is -3.57. The van der Waals surface area contributed by atoms with E-state index in [2.05, 4.69) is 9.71 Å². The maximum absolute atomic E-state index is 12.3. The molecular weight excluding hydrogens is 274 g/mol. The number of sulfonamides is 1. The molecule has 3 N–H and O–H groups in total.